The van der Waals surface area contributed by atoms with Crippen LogP contribution in [-0.2, 0) is 0 Å². The summed E-state index contributed by atoms with van der Waals surface area (Å²) >= 11 is 3.50. The lowest BCUT2D eigenvalue weighted by Gasteiger charge is -2.27. The summed E-state index contributed by atoms with van der Waals surface area (Å²) in [5, 5.41) is 4.52. The Morgan fingerprint density at radius 3 is 2.09 bits per heavy atom. The Morgan fingerprint density at radius 1 is 1.36 bits per heavy atom. The van der Waals surface area contributed by atoms with E-state index in [1.807, 2.05) is 0 Å². The molecule has 0 atom stereocenters. The molecule has 0 aromatic heterocycles. The summed E-state index contributed by atoms with van der Waals surface area (Å²) < 4.78 is 0. The number of hydrogen-bond donors (Lipinski definition) is 1. The lowest BCUT2D eigenvalue weighted by Crippen LogP contribution is -2.45. The van der Waals surface area contributed by atoms with Crippen molar-refractivity contribution >= 4 is 15.9 Å². The van der Waals surface area contributed by atoms with E-state index in [1.54, 1.807) is 0 Å². The summed E-state index contributed by atoms with van der Waals surface area (Å²) in [6, 6.07) is 0. The fourth-order valence-corrected chi connectivity index (χ4v) is 2.61. The second-order valence-corrected chi connectivity index (χ2v) is 4.84. The predicted octanol–water partition coefficient (Wildman–Crippen LogP) is 2.47. The highest BCUT2D eigenvalue weighted by Crippen LogP contribution is 2.30. The minimum atomic E-state index is 0.159. The molecule has 0 radical (unpaired) electrons. The third-order valence-electron chi connectivity index (χ3n) is 2.12. The number of halogens is 1. The number of nitrogens with one attached hydrogen (secondary N) is 1. The molecule has 0 bridgehead atoms. The smallest absolute Gasteiger partial charge is 0.0352 e. The number of alkyl halides is 1. The van der Waals surface area contributed by atoms with Crippen LogP contribution in [0.3, 0.4) is 0 Å². The van der Waals surface area contributed by atoms with Gasteiger partial charge in [-0.3, -0.25) is 5.32 Å². The molecule has 0 fully saturated rings. The van der Waals surface area contributed by atoms with Crippen molar-refractivity contribution in [3.63, 3.8) is 0 Å². The predicted molar refractivity (Wildman–Crippen MR) is 53.2 cm³/mol. The first-order chi connectivity index (χ1) is 4.87. The topological polar surface area (TPSA) is 12.0 Å². The van der Waals surface area contributed by atoms with Gasteiger partial charge in [-0.2, -0.15) is 0 Å². The van der Waals surface area contributed by atoms with Gasteiger partial charge < -0.3 is 0 Å². The van der Waals surface area contributed by atoms with E-state index in [9.17, 15) is 0 Å². The Bertz CT molecular complexity index is 192. The highest BCUT2D eigenvalue weighted by atomic mass is 79.9. The first kappa shape index (κ1) is 9.27. The van der Waals surface area contributed by atoms with Gasteiger partial charge >= 0.3 is 0 Å². The molecule has 0 saturated carbocycles. The van der Waals surface area contributed by atoms with Gasteiger partial charge in [0.05, 0.1) is 0 Å². The summed E-state index contributed by atoms with van der Waals surface area (Å²) in [5.41, 5.74) is 1.77. The van der Waals surface area contributed by atoms with Crippen LogP contribution in [0, 0.1) is 0 Å². The van der Waals surface area contributed by atoms with Crippen molar-refractivity contribution in [2.24, 2.45) is 0 Å². The van der Waals surface area contributed by atoms with Crippen LogP contribution in [-0.4, -0.2) is 16.4 Å². The Labute approximate surface area is 77.4 Å². The first-order valence-corrected chi connectivity index (χ1v) is 5.07. The Hall–Kier alpha value is 0.180. The van der Waals surface area contributed by atoms with Gasteiger partial charge in [0, 0.05) is 16.4 Å². The van der Waals surface area contributed by atoms with Gasteiger partial charge in [-0.25, -0.2) is 0 Å². The maximum absolute atomic E-state index is 3.55. The fourth-order valence-electron chi connectivity index (χ4n) is 1.74. The van der Waals surface area contributed by atoms with Gasteiger partial charge in [-0.15, -0.1) is 0 Å². The van der Waals surface area contributed by atoms with Crippen LogP contribution >= 0.6 is 15.9 Å². The van der Waals surface area contributed by atoms with Crippen molar-refractivity contribution in [3.05, 3.63) is 11.6 Å². The normalized spacial score (nSPS) is 26.8. The Morgan fingerprint density at radius 2 is 1.91 bits per heavy atom. The molecule has 0 aromatic rings. The van der Waals surface area contributed by atoms with Gasteiger partial charge in [-0.1, -0.05) is 22.0 Å². The third-order valence-corrected chi connectivity index (χ3v) is 2.72. The SMILES string of the molecule is CC1(C)C=C(CBr)C(C)(C)N1. The molecule has 0 amide bonds. The van der Waals surface area contributed by atoms with Crippen LogP contribution in [0.15, 0.2) is 11.6 Å². The second-order valence-electron chi connectivity index (χ2n) is 4.27. The van der Waals surface area contributed by atoms with Crippen LogP contribution in [0.25, 0.3) is 0 Å². The molecule has 11 heavy (non-hydrogen) atoms. The zero-order chi connectivity index (χ0) is 8.70. The van der Waals surface area contributed by atoms with Crippen molar-refractivity contribution < 1.29 is 0 Å². The molecule has 1 rings (SSSR count). The highest BCUT2D eigenvalue weighted by Gasteiger charge is 2.35. The van der Waals surface area contributed by atoms with Crippen molar-refractivity contribution in [1.82, 2.24) is 5.32 Å². The molecule has 0 aliphatic carbocycles. The molecule has 1 aliphatic rings. The van der Waals surface area contributed by atoms with E-state index in [1.165, 1.54) is 5.57 Å². The van der Waals surface area contributed by atoms with Gasteiger partial charge in [0.2, 0.25) is 0 Å². The zero-order valence-electron chi connectivity index (χ0n) is 7.66. The van der Waals surface area contributed by atoms with Crippen LogP contribution in [0.5, 0.6) is 0 Å². The third kappa shape index (κ3) is 1.85. The van der Waals surface area contributed by atoms with Crippen LogP contribution in [0.1, 0.15) is 27.7 Å². The van der Waals surface area contributed by atoms with Crippen molar-refractivity contribution in [2.45, 2.75) is 38.8 Å². The molecule has 0 spiro atoms. The van der Waals surface area contributed by atoms with Gasteiger partial charge in [0.25, 0.3) is 0 Å². The number of rotatable bonds is 1. The maximum atomic E-state index is 3.55. The first-order valence-electron chi connectivity index (χ1n) is 3.95. The summed E-state index contributed by atoms with van der Waals surface area (Å²) in [7, 11) is 0. The Kier molecular flexibility index (Phi) is 2.19. The molecule has 1 heterocycles. The Balaban J connectivity index is 2.89. The zero-order valence-corrected chi connectivity index (χ0v) is 9.25. The molecule has 0 unspecified atom stereocenters. The van der Waals surface area contributed by atoms with E-state index in [2.05, 4.69) is 55.0 Å². The lowest BCUT2D eigenvalue weighted by molar-refractivity contribution is 0.388. The molecular formula is C9H16BrN. The lowest BCUT2D eigenvalue weighted by atomic mass is 9.99. The van der Waals surface area contributed by atoms with E-state index in [4.69, 9.17) is 0 Å². The van der Waals surface area contributed by atoms with E-state index in [0.717, 1.165) is 5.33 Å². The van der Waals surface area contributed by atoms with E-state index in [-0.39, 0.29) is 11.1 Å². The molecule has 2 heteroatoms. The summed E-state index contributed by atoms with van der Waals surface area (Å²) in [6.07, 6.45) is 2.31. The molecule has 1 aliphatic heterocycles. The quantitative estimate of drug-likeness (QED) is 0.526. The molecule has 1 nitrogen and oxygen atoms in total. The van der Waals surface area contributed by atoms with Gasteiger partial charge in [0.15, 0.2) is 0 Å². The van der Waals surface area contributed by atoms with Crippen LogP contribution < -0.4 is 5.32 Å². The minimum absolute atomic E-state index is 0.159. The van der Waals surface area contributed by atoms with Crippen LogP contribution in [0.2, 0.25) is 0 Å². The average Bonchev–Trinajstić information content (AvgIpc) is 1.99. The molecule has 0 saturated heterocycles. The summed E-state index contributed by atoms with van der Waals surface area (Å²) in [6.45, 7) is 8.83. The summed E-state index contributed by atoms with van der Waals surface area (Å²) in [4.78, 5) is 0. The monoisotopic (exact) mass is 217 g/mol. The minimum Gasteiger partial charge on any atom is -0.300 e. The molecule has 0 aromatic carbocycles. The molecule has 64 valence electrons. The average molecular weight is 218 g/mol. The van der Waals surface area contributed by atoms with E-state index < -0.39 is 0 Å². The van der Waals surface area contributed by atoms with Gasteiger partial charge in [-0.05, 0) is 33.3 Å². The maximum Gasteiger partial charge on any atom is 0.0352 e. The van der Waals surface area contributed by atoms with E-state index >= 15 is 0 Å². The highest BCUT2D eigenvalue weighted by molar-refractivity contribution is 9.09. The van der Waals surface area contributed by atoms with E-state index in [0.29, 0.717) is 0 Å². The van der Waals surface area contributed by atoms with Crippen molar-refractivity contribution in [3.8, 4) is 0 Å². The largest absolute Gasteiger partial charge is 0.300 e. The van der Waals surface area contributed by atoms with Crippen molar-refractivity contribution in [1.29, 1.82) is 0 Å². The second kappa shape index (κ2) is 2.60. The molecule has 1 N–H and O–H groups in total. The van der Waals surface area contributed by atoms with Crippen LogP contribution in [0.4, 0.5) is 0 Å². The number of hydrogen-bond acceptors (Lipinski definition) is 1. The molecular weight excluding hydrogens is 202 g/mol. The van der Waals surface area contributed by atoms with Gasteiger partial charge in [0.1, 0.15) is 0 Å². The standard InChI is InChI=1S/C9H16BrN/c1-8(2)5-7(6-10)9(3,4)11-8/h5,11H,6H2,1-4H3. The summed E-state index contributed by atoms with van der Waals surface area (Å²) in [5.74, 6) is 0. The fraction of sp³-hybridized carbons (Fsp3) is 0.778. The van der Waals surface area contributed by atoms with Crippen molar-refractivity contribution in [2.75, 3.05) is 5.33 Å².